The predicted octanol–water partition coefficient (Wildman–Crippen LogP) is 2.39. The Morgan fingerprint density at radius 1 is 0.923 bits per heavy atom. The summed E-state index contributed by atoms with van der Waals surface area (Å²) in [6.07, 6.45) is 10.1. The number of hydrogen-bond donors (Lipinski definition) is 0. The third-order valence-corrected chi connectivity index (χ3v) is 3.24. The van der Waals surface area contributed by atoms with Gasteiger partial charge in [-0.1, -0.05) is 19.3 Å². The zero-order valence-corrected chi connectivity index (χ0v) is 8.50. The van der Waals surface area contributed by atoms with Crippen LogP contribution in [0.15, 0.2) is 0 Å². The van der Waals surface area contributed by atoms with Gasteiger partial charge >= 0.3 is 0 Å². The number of ether oxygens (including phenoxy) is 1. The second kappa shape index (κ2) is 4.97. The quantitative estimate of drug-likeness (QED) is 0.666. The van der Waals surface area contributed by atoms with Crippen molar-refractivity contribution in [3.05, 3.63) is 0 Å². The fourth-order valence-corrected chi connectivity index (χ4v) is 2.35. The van der Waals surface area contributed by atoms with Gasteiger partial charge in [0.2, 0.25) is 0 Å². The molecule has 2 rings (SSSR count). The highest BCUT2D eigenvalue weighted by Crippen LogP contribution is 2.20. The second-order valence-corrected chi connectivity index (χ2v) is 4.38. The molecule has 1 heterocycles. The van der Waals surface area contributed by atoms with Gasteiger partial charge in [0.1, 0.15) is 0 Å². The Hall–Kier alpha value is -0.0800. The van der Waals surface area contributed by atoms with Gasteiger partial charge in [-0.15, -0.1) is 0 Å². The lowest BCUT2D eigenvalue weighted by Crippen LogP contribution is -2.27. The van der Waals surface area contributed by atoms with Crippen molar-refractivity contribution in [2.75, 3.05) is 19.8 Å². The first-order chi connectivity index (χ1) is 6.45. The monoisotopic (exact) mass is 183 g/mol. The molecular weight excluding hydrogens is 162 g/mol. The zero-order chi connectivity index (χ0) is 8.93. The lowest BCUT2D eigenvalue weighted by atomic mass is 9.98. The standard InChI is InChI=1S/C11H21NO/c1-2-6-11(7-3-1)13-10-12-8-4-5-9-12/h11H,1-10H2. The molecule has 13 heavy (non-hydrogen) atoms. The number of hydrogen-bond acceptors (Lipinski definition) is 2. The molecule has 0 N–H and O–H groups in total. The molecule has 76 valence electrons. The fourth-order valence-electron chi connectivity index (χ4n) is 2.35. The first kappa shape index (κ1) is 9.47. The van der Waals surface area contributed by atoms with Gasteiger partial charge in [-0.25, -0.2) is 0 Å². The van der Waals surface area contributed by atoms with E-state index in [9.17, 15) is 0 Å². The van der Waals surface area contributed by atoms with Crippen LogP contribution in [-0.2, 0) is 4.74 Å². The molecule has 0 atom stereocenters. The highest BCUT2D eigenvalue weighted by atomic mass is 16.5. The van der Waals surface area contributed by atoms with E-state index in [4.69, 9.17) is 4.74 Å². The van der Waals surface area contributed by atoms with Crippen LogP contribution in [0, 0.1) is 0 Å². The fraction of sp³-hybridized carbons (Fsp3) is 1.00. The summed E-state index contributed by atoms with van der Waals surface area (Å²) < 4.78 is 5.89. The highest BCUT2D eigenvalue weighted by Gasteiger charge is 2.16. The average molecular weight is 183 g/mol. The molecule has 2 aliphatic rings. The summed E-state index contributed by atoms with van der Waals surface area (Å²) in [5.74, 6) is 0. The van der Waals surface area contributed by atoms with E-state index in [-0.39, 0.29) is 0 Å². The molecule has 0 aromatic carbocycles. The Morgan fingerprint density at radius 2 is 1.62 bits per heavy atom. The first-order valence-corrected chi connectivity index (χ1v) is 5.79. The molecule has 2 fully saturated rings. The van der Waals surface area contributed by atoms with Crippen LogP contribution >= 0.6 is 0 Å². The van der Waals surface area contributed by atoms with Crippen molar-refractivity contribution in [3.63, 3.8) is 0 Å². The topological polar surface area (TPSA) is 12.5 Å². The molecule has 0 bridgehead atoms. The van der Waals surface area contributed by atoms with Crippen LogP contribution in [-0.4, -0.2) is 30.8 Å². The normalized spacial score (nSPS) is 26.8. The lowest BCUT2D eigenvalue weighted by molar-refractivity contribution is -0.0294. The van der Waals surface area contributed by atoms with Crippen LogP contribution < -0.4 is 0 Å². The van der Waals surface area contributed by atoms with Crippen molar-refractivity contribution in [2.24, 2.45) is 0 Å². The third-order valence-electron chi connectivity index (χ3n) is 3.24. The molecule has 1 saturated carbocycles. The van der Waals surface area contributed by atoms with E-state index >= 15 is 0 Å². The predicted molar refractivity (Wildman–Crippen MR) is 53.6 cm³/mol. The summed E-state index contributed by atoms with van der Waals surface area (Å²) in [5.41, 5.74) is 0. The summed E-state index contributed by atoms with van der Waals surface area (Å²) in [5, 5.41) is 0. The number of rotatable bonds is 3. The van der Waals surface area contributed by atoms with Crippen molar-refractivity contribution in [1.29, 1.82) is 0 Å². The minimum absolute atomic E-state index is 0.578. The molecule has 0 amide bonds. The summed E-state index contributed by atoms with van der Waals surface area (Å²) in [7, 11) is 0. The van der Waals surface area contributed by atoms with Crippen LogP contribution in [0.4, 0.5) is 0 Å². The van der Waals surface area contributed by atoms with E-state index in [1.807, 2.05) is 0 Å². The van der Waals surface area contributed by atoms with Crippen LogP contribution in [0.5, 0.6) is 0 Å². The van der Waals surface area contributed by atoms with Crippen LogP contribution in [0.3, 0.4) is 0 Å². The molecule has 1 aliphatic carbocycles. The molecule has 2 heteroatoms. The Morgan fingerprint density at radius 3 is 2.31 bits per heavy atom. The maximum atomic E-state index is 5.89. The largest absolute Gasteiger partial charge is 0.363 e. The van der Waals surface area contributed by atoms with Gasteiger partial charge in [0, 0.05) is 13.1 Å². The Balaban J connectivity index is 1.60. The van der Waals surface area contributed by atoms with E-state index in [0.717, 1.165) is 6.73 Å². The molecule has 1 aliphatic heterocycles. The van der Waals surface area contributed by atoms with Gasteiger partial charge in [0.15, 0.2) is 0 Å². The van der Waals surface area contributed by atoms with Gasteiger partial charge < -0.3 is 4.74 Å². The summed E-state index contributed by atoms with van der Waals surface area (Å²) in [6, 6.07) is 0. The van der Waals surface area contributed by atoms with Gasteiger partial charge in [0.25, 0.3) is 0 Å². The lowest BCUT2D eigenvalue weighted by Gasteiger charge is -2.24. The number of nitrogens with zero attached hydrogens (tertiary/aromatic N) is 1. The minimum Gasteiger partial charge on any atom is -0.363 e. The summed E-state index contributed by atoms with van der Waals surface area (Å²) in [6.45, 7) is 3.41. The van der Waals surface area contributed by atoms with Gasteiger partial charge in [0.05, 0.1) is 12.8 Å². The Labute approximate surface area is 81.3 Å². The zero-order valence-electron chi connectivity index (χ0n) is 8.50. The van der Waals surface area contributed by atoms with Gasteiger partial charge in [-0.05, 0) is 25.7 Å². The molecule has 0 radical (unpaired) electrons. The van der Waals surface area contributed by atoms with Crippen LogP contribution in [0.1, 0.15) is 44.9 Å². The molecule has 1 saturated heterocycles. The molecule has 0 aromatic rings. The first-order valence-electron chi connectivity index (χ1n) is 5.79. The van der Waals surface area contributed by atoms with Crippen molar-refractivity contribution in [3.8, 4) is 0 Å². The van der Waals surface area contributed by atoms with Crippen LogP contribution in [0.2, 0.25) is 0 Å². The maximum Gasteiger partial charge on any atom is 0.0994 e. The van der Waals surface area contributed by atoms with E-state index in [1.165, 1.54) is 58.0 Å². The van der Waals surface area contributed by atoms with E-state index in [0.29, 0.717) is 6.10 Å². The third kappa shape index (κ3) is 2.96. The Bertz CT molecular complexity index is 137. The van der Waals surface area contributed by atoms with E-state index in [1.54, 1.807) is 0 Å². The summed E-state index contributed by atoms with van der Waals surface area (Å²) >= 11 is 0. The van der Waals surface area contributed by atoms with Crippen molar-refractivity contribution >= 4 is 0 Å². The van der Waals surface area contributed by atoms with Gasteiger partial charge in [-0.3, -0.25) is 4.90 Å². The molecule has 0 unspecified atom stereocenters. The van der Waals surface area contributed by atoms with Gasteiger partial charge in [-0.2, -0.15) is 0 Å². The maximum absolute atomic E-state index is 5.89. The van der Waals surface area contributed by atoms with Crippen LogP contribution in [0.25, 0.3) is 0 Å². The van der Waals surface area contributed by atoms with Crippen molar-refractivity contribution < 1.29 is 4.74 Å². The smallest absolute Gasteiger partial charge is 0.0994 e. The van der Waals surface area contributed by atoms with E-state index in [2.05, 4.69) is 4.90 Å². The molecule has 0 spiro atoms. The minimum atomic E-state index is 0.578. The van der Waals surface area contributed by atoms with Crippen molar-refractivity contribution in [1.82, 2.24) is 4.90 Å². The van der Waals surface area contributed by atoms with Crippen molar-refractivity contribution in [2.45, 2.75) is 51.0 Å². The summed E-state index contributed by atoms with van der Waals surface area (Å²) in [4.78, 5) is 2.44. The molecule has 0 aromatic heterocycles. The average Bonchev–Trinajstić information content (AvgIpc) is 2.69. The molecule has 2 nitrogen and oxygen atoms in total. The van der Waals surface area contributed by atoms with E-state index < -0.39 is 0 Å². The second-order valence-electron chi connectivity index (χ2n) is 4.38. The number of likely N-dealkylation sites (tertiary alicyclic amines) is 1. The molecular formula is C11H21NO. The highest BCUT2D eigenvalue weighted by molar-refractivity contribution is 4.67. The Kier molecular flexibility index (Phi) is 3.62. The SMILES string of the molecule is C1CCC(OCN2CCCC2)CC1.